The highest BCUT2D eigenvalue weighted by Gasteiger charge is 2.73. The minimum absolute atomic E-state index is 0.0373. The fourth-order valence-corrected chi connectivity index (χ4v) is 4.11. The van der Waals surface area contributed by atoms with Crippen LogP contribution in [0.15, 0.2) is 48.5 Å². The highest BCUT2D eigenvalue weighted by Crippen LogP contribution is 2.53. The van der Waals surface area contributed by atoms with Crippen molar-refractivity contribution < 1.29 is 44.7 Å². The quantitative estimate of drug-likeness (QED) is 0.409. The fourth-order valence-electron chi connectivity index (χ4n) is 4.11. The zero-order valence-corrected chi connectivity index (χ0v) is 19.0. The van der Waals surface area contributed by atoms with E-state index in [1.807, 2.05) is 0 Å². The zero-order valence-electron chi connectivity index (χ0n) is 19.0. The summed E-state index contributed by atoms with van der Waals surface area (Å²) >= 11 is 0. The molecule has 2 aromatic carbocycles. The molecule has 35 heavy (non-hydrogen) atoms. The maximum Gasteiger partial charge on any atom is 0.435 e. The Morgan fingerprint density at radius 1 is 0.771 bits per heavy atom. The van der Waals surface area contributed by atoms with Gasteiger partial charge in [-0.3, -0.25) is 0 Å². The molecule has 1 aliphatic rings. The van der Waals surface area contributed by atoms with Crippen LogP contribution in [0.1, 0.15) is 49.3 Å². The smallest absolute Gasteiger partial charge is 0.435 e. The van der Waals surface area contributed by atoms with Crippen LogP contribution in [0.3, 0.4) is 0 Å². The van der Waals surface area contributed by atoms with Crippen molar-refractivity contribution >= 4 is 6.09 Å². The van der Waals surface area contributed by atoms with E-state index in [1.54, 1.807) is 20.8 Å². The number of alkyl halides is 7. The Labute approximate surface area is 196 Å². The number of hydrogen-bond acceptors (Lipinski definition) is 2. The van der Waals surface area contributed by atoms with Crippen LogP contribution in [-0.4, -0.2) is 42.0 Å². The minimum atomic E-state index is -6.22. The van der Waals surface area contributed by atoms with E-state index in [4.69, 9.17) is 4.74 Å². The van der Waals surface area contributed by atoms with E-state index in [0.29, 0.717) is 23.3 Å². The van der Waals surface area contributed by atoms with Gasteiger partial charge in [-0.1, -0.05) is 36.4 Å². The van der Waals surface area contributed by atoms with Crippen LogP contribution in [0.4, 0.5) is 39.9 Å². The van der Waals surface area contributed by atoms with E-state index in [9.17, 15) is 39.9 Å². The van der Waals surface area contributed by atoms with Gasteiger partial charge in [-0.25, -0.2) is 13.6 Å². The normalized spacial score (nSPS) is 19.7. The van der Waals surface area contributed by atoms with Gasteiger partial charge in [0.25, 0.3) is 0 Å². The standard InChI is InChI=1S/C24H23F8NO2/c1-21(2,3)35-20(34)33-12-18(19(13-33)15-6-10-17(25)11-7-15)14-4-8-16(9-5-14)22(26,23(27,28)29)24(30,31)32/h4-11,18-19H,12-13H2,1-3H3. The number of hydrogen-bond donors (Lipinski definition) is 0. The van der Waals surface area contributed by atoms with Crippen molar-refractivity contribution in [3.63, 3.8) is 0 Å². The largest absolute Gasteiger partial charge is 0.444 e. The van der Waals surface area contributed by atoms with Crippen molar-refractivity contribution in [3.8, 4) is 0 Å². The Morgan fingerprint density at radius 2 is 1.17 bits per heavy atom. The third-order valence-electron chi connectivity index (χ3n) is 5.79. The Bertz CT molecular complexity index is 1030. The highest BCUT2D eigenvalue weighted by atomic mass is 19.4. The number of likely N-dealkylation sites (tertiary alicyclic amines) is 1. The van der Waals surface area contributed by atoms with E-state index in [1.165, 1.54) is 29.2 Å². The van der Waals surface area contributed by atoms with E-state index in [0.717, 1.165) is 12.1 Å². The summed E-state index contributed by atoms with van der Waals surface area (Å²) in [7, 11) is 0. The van der Waals surface area contributed by atoms with E-state index >= 15 is 0 Å². The predicted molar refractivity (Wildman–Crippen MR) is 111 cm³/mol. The lowest BCUT2D eigenvalue weighted by atomic mass is 9.83. The van der Waals surface area contributed by atoms with Crippen molar-refractivity contribution in [2.24, 2.45) is 0 Å². The molecular weight excluding hydrogens is 486 g/mol. The summed E-state index contributed by atoms with van der Waals surface area (Å²) in [6.45, 7) is 5.15. The molecule has 3 rings (SSSR count). The Balaban J connectivity index is 1.98. The fraction of sp³-hybridized carbons (Fsp3) is 0.458. The molecule has 2 unspecified atom stereocenters. The van der Waals surface area contributed by atoms with Gasteiger partial charge in [-0.15, -0.1) is 0 Å². The SMILES string of the molecule is CC(C)(C)OC(=O)N1CC(c2ccc(F)cc2)C(c2ccc(C(F)(C(F)(F)F)C(F)(F)F)cc2)C1. The number of rotatable bonds is 3. The monoisotopic (exact) mass is 509 g/mol. The second kappa shape index (κ2) is 8.98. The van der Waals surface area contributed by atoms with Crippen molar-refractivity contribution in [1.29, 1.82) is 0 Å². The van der Waals surface area contributed by atoms with Crippen LogP contribution < -0.4 is 0 Å². The van der Waals surface area contributed by atoms with Crippen LogP contribution in [0, 0.1) is 5.82 Å². The van der Waals surface area contributed by atoms with Gasteiger partial charge >= 0.3 is 24.1 Å². The first kappa shape index (κ1) is 26.7. The highest BCUT2D eigenvalue weighted by molar-refractivity contribution is 5.69. The molecule has 1 heterocycles. The summed E-state index contributed by atoms with van der Waals surface area (Å²) in [5, 5.41) is 0. The third kappa shape index (κ3) is 5.38. The molecule has 3 nitrogen and oxygen atoms in total. The van der Waals surface area contributed by atoms with Gasteiger partial charge in [0.15, 0.2) is 0 Å². The zero-order chi connectivity index (χ0) is 26.4. The lowest BCUT2D eigenvalue weighted by molar-refractivity contribution is -0.348. The molecule has 2 atom stereocenters. The first-order valence-electron chi connectivity index (χ1n) is 10.6. The van der Waals surface area contributed by atoms with Gasteiger partial charge in [0.1, 0.15) is 11.4 Å². The molecule has 0 bridgehead atoms. The summed E-state index contributed by atoms with van der Waals surface area (Å²) in [6, 6.07) is 8.26. The maximum absolute atomic E-state index is 14.4. The predicted octanol–water partition coefficient (Wildman–Crippen LogP) is 7.23. The van der Waals surface area contributed by atoms with Crippen molar-refractivity contribution in [1.82, 2.24) is 4.90 Å². The minimum Gasteiger partial charge on any atom is -0.444 e. The number of amides is 1. The van der Waals surface area contributed by atoms with Crippen LogP contribution >= 0.6 is 0 Å². The molecule has 192 valence electrons. The first-order valence-corrected chi connectivity index (χ1v) is 10.6. The molecule has 0 aromatic heterocycles. The van der Waals surface area contributed by atoms with Crippen LogP contribution in [0.5, 0.6) is 0 Å². The molecule has 1 aliphatic heterocycles. The van der Waals surface area contributed by atoms with E-state index in [-0.39, 0.29) is 13.1 Å². The van der Waals surface area contributed by atoms with Gasteiger partial charge < -0.3 is 9.64 Å². The number of carbonyl (C=O) groups is 1. The van der Waals surface area contributed by atoms with Crippen molar-refractivity contribution in [3.05, 3.63) is 71.0 Å². The summed E-state index contributed by atoms with van der Waals surface area (Å²) in [5.41, 5.74) is -7.03. The number of nitrogens with zero attached hydrogens (tertiary/aromatic N) is 1. The van der Waals surface area contributed by atoms with E-state index < -0.39 is 52.9 Å². The van der Waals surface area contributed by atoms with Gasteiger partial charge in [-0.2, -0.15) is 26.3 Å². The Hall–Kier alpha value is -2.85. The molecule has 0 aliphatic carbocycles. The first-order chi connectivity index (χ1) is 15.9. The lowest BCUT2D eigenvalue weighted by Crippen LogP contribution is -2.50. The summed E-state index contributed by atoms with van der Waals surface area (Å²) < 4.78 is 112. The third-order valence-corrected chi connectivity index (χ3v) is 5.79. The van der Waals surface area contributed by atoms with Crippen LogP contribution in [0.2, 0.25) is 0 Å². The number of halogens is 8. The molecule has 1 saturated heterocycles. The summed E-state index contributed by atoms with van der Waals surface area (Å²) in [5.74, 6) is -1.54. The van der Waals surface area contributed by atoms with Gasteiger partial charge in [0.2, 0.25) is 0 Å². The molecular formula is C24H23F8NO2. The summed E-state index contributed by atoms with van der Waals surface area (Å²) in [4.78, 5) is 14.0. The molecule has 1 amide bonds. The van der Waals surface area contributed by atoms with Crippen molar-refractivity contribution in [2.75, 3.05) is 13.1 Å². The molecule has 11 heteroatoms. The second-order valence-corrected chi connectivity index (χ2v) is 9.43. The van der Waals surface area contributed by atoms with Gasteiger partial charge in [0, 0.05) is 30.5 Å². The van der Waals surface area contributed by atoms with Crippen molar-refractivity contribution in [2.45, 2.75) is 56.2 Å². The Morgan fingerprint density at radius 3 is 1.54 bits per heavy atom. The molecule has 0 saturated carbocycles. The average Bonchev–Trinajstić information content (AvgIpc) is 3.16. The van der Waals surface area contributed by atoms with Crippen LogP contribution in [-0.2, 0) is 10.4 Å². The number of ether oxygens (including phenoxy) is 1. The molecule has 0 radical (unpaired) electrons. The number of carbonyl (C=O) groups excluding carboxylic acids is 1. The second-order valence-electron chi connectivity index (χ2n) is 9.43. The lowest BCUT2D eigenvalue weighted by Gasteiger charge is -2.30. The van der Waals surface area contributed by atoms with Gasteiger partial charge in [-0.05, 0) is 44.0 Å². The molecule has 1 fully saturated rings. The topological polar surface area (TPSA) is 29.5 Å². The van der Waals surface area contributed by atoms with E-state index in [2.05, 4.69) is 0 Å². The molecule has 0 spiro atoms. The molecule has 0 N–H and O–H groups in total. The molecule has 2 aromatic rings. The summed E-state index contributed by atoms with van der Waals surface area (Å²) in [6.07, 6.45) is -13.1. The van der Waals surface area contributed by atoms with Crippen LogP contribution in [0.25, 0.3) is 0 Å². The average molecular weight is 509 g/mol. The Kier molecular flexibility index (Phi) is 6.86. The number of benzene rings is 2. The van der Waals surface area contributed by atoms with Gasteiger partial charge in [0.05, 0.1) is 0 Å². The maximum atomic E-state index is 14.4.